The van der Waals surface area contributed by atoms with Gasteiger partial charge in [-0.1, -0.05) is 52.0 Å². The largest absolute Gasteiger partial charge is 0.481 e. The molecule has 0 radical (unpaired) electrons. The highest BCUT2D eigenvalue weighted by molar-refractivity contribution is 5.96. The first kappa shape index (κ1) is 15.4. The van der Waals surface area contributed by atoms with Crippen LogP contribution in [0.5, 0.6) is 0 Å². The molecule has 0 aliphatic carbocycles. The van der Waals surface area contributed by atoms with Gasteiger partial charge < -0.3 is 5.11 Å². The van der Waals surface area contributed by atoms with Gasteiger partial charge >= 0.3 is 5.97 Å². The molecule has 0 fully saturated rings. The van der Waals surface area contributed by atoms with E-state index >= 15 is 0 Å². The van der Waals surface area contributed by atoms with Crippen molar-refractivity contribution in [3.05, 3.63) is 35.4 Å². The Hall–Kier alpha value is -1.64. The molecule has 0 bridgehead atoms. The Morgan fingerprint density at radius 2 is 1.63 bits per heavy atom. The number of hydrogen-bond donors (Lipinski definition) is 1. The van der Waals surface area contributed by atoms with Crippen molar-refractivity contribution in [1.29, 1.82) is 0 Å². The average molecular weight is 262 g/mol. The van der Waals surface area contributed by atoms with Crippen LogP contribution in [-0.4, -0.2) is 16.9 Å². The first-order valence-corrected chi connectivity index (χ1v) is 6.55. The third kappa shape index (κ3) is 4.86. The van der Waals surface area contributed by atoms with E-state index in [9.17, 15) is 9.59 Å². The lowest BCUT2D eigenvalue weighted by atomic mass is 9.86. The molecule has 0 unspecified atom stereocenters. The van der Waals surface area contributed by atoms with Gasteiger partial charge in [0.15, 0.2) is 5.78 Å². The molecule has 1 atom stereocenters. The van der Waals surface area contributed by atoms with Crippen molar-refractivity contribution in [3.63, 3.8) is 0 Å². The highest BCUT2D eigenvalue weighted by atomic mass is 16.4. The SMILES string of the molecule is C[C@H](CC(=O)O)CC(=O)c1ccc(C(C)(C)C)cc1. The van der Waals surface area contributed by atoms with Crippen LogP contribution in [-0.2, 0) is 10.2 Å². The summed E-state index contributed by atoms with van der Waals surface area (Å²) in [6.07, 6.45) is 0.312. The van der Waals surface area contributed by atoms with Crippen molar-refractivity contribution in [1.82, 2.24) is 0 Å². The minimum Gasteiger partial charge on any atom is -0.481 e. The Labute approximate surface area is 114 Å². The molecule has 0 saturated heterocycles. The van der Waals surface area contributed by atoms with E-state index in [2.05, 4.69) is 20.8 Å². The molecule has 0 aromatic heterocycles. The zero-order valence-electron chi connectivity index (χ0n) is 12.1. The second-order valence-corrected chi connectivity index (χ2v) is 6.16. The molecule has 0 heterocycles. The Morgan fingerprint density at radius 1 is 1.11 bits per heavy atom. The quantitative estimate of drug-likeness (QED) is 0.824. The van der Waals surface area contributed by atoms with Gasteiger partial charge in [-0.3, -0.25) is 9.59 Å². The summed E-state index contributed by atoms with van der Waals surface area (Å²) in [6.45, 7) is 8.16. The van der Waals surface area contributed by atoms with Crippen LogP contribution in [0, 0.1) is 5.92 Å². The predicted molar refractivity (Wildman–Crippen MR) is 75.5 cm³/mol. The van der Waals surface area contributed by atoms with Crippen molar-refractivity contribution in [3.8, 4) is 0 Å². The maximum absolute atomic E-state index is 12.0. The fourth-order valence-corrected chi connectivity index (χ4v) is 1.96. The summed E-state index contributed by atoms with van der Waals surface area (Å²) in [4.78, 5) is 22.6. The third-order valence-electron chi connectivity index (χ3n) is 3.13. The van der Waals surface area contributed by atoms with E-state index in [0.29, 0.717) is 5.56 Å². The van der Waals surface area contributed by atoms with E-state index in [1.807, 2.05) is 24.3 Å². The van der Waals surface area contributed by atoms with E-state index in [4.69, 9.17) is 5.11 Å². The number of carboxylic acid groups (broad SMARTS) is 1. The van der Waals surface area contributed by atoms with E-state index in [0.717, 1.165) is 0 Å². The smallest absolute Gasteiger partial charge is 0.303 e. The van der Waals surface area contributed by atoms with Gasteiger partial charge in [-0.15, -0.1) is 0 Å². The minimum absolute atomic E-state index is 0.00853. The molecule has 0 aliphatic heterocycles. The van der Waals surface area contributed by atoms with E-state index in [-0.39, 0.29) is 30.0 Å². The zero-order chi connectivity index (χ0) is 14.6. The molecule has 19 heavy (non-hydrogen) atoms. The first-order chi connectivity index (χ1) is 8.70. The summed E-state index contributed by atoms with van der Waals surface area (Å²) < 4.78 is 0. The topological polar surface area (TPSA) is 54.4 Å². The van der Waals surface area contributed by atoms with Crippen molar-refractivity contribution >= 4 is 11.8 Å². The molecule has 3 nitrogen and oxygen atoms in total. The first-order valence-electron chi connectivity index (χ1n) is 6.55. The van der Waals surface area contributed by atoms with Crippen molar-refractivity contribution in [2.24, 2.45) is 5.92 Å². The summed E-state index contributed by atoms with van der Waals surface area (Å²) in [5, 5.41) is 8.68. The van der Waals surface area contributed by atoms with Crippen molar-refractivity contribution in [2.75, 3.05) is 0 Å². The van der Waals surface area contributed by atoms with Gasteiger partial charge in [0.25, 0.3) is 0 Å². The fraction of sp³-hybridized carbons (Fsp3) is 0.500. The number of rotatable bonds is 5. The molecular weight excluding hydrogens is 240 g/mol. The highest BCUT2D eigenvalue weighted by Crippen LogP contribution is 2.23. The van der Waals surface area contributed by atoms with Gasteiger partial charge in [-0.05, 0) is 16.9 Å². The predicted octanol–water partition coefficient (Wildman–Crippen LogP) is 3.67. The van der Waals surface area contributed by atoms with Crippen LogP contribution in [0.1, 0.15) is 56.5 Å². The Bertz CT molecular complexity index is 452. The van der Waals surface area contributed by atoms with Gasteiger partial charge in [0, 0.05) is 18.4 Å². The lowest BCUT2D eigenvalue weighted by molar-refractivity contribution is -0.137. The lowest BCUT2D eigenvalue weighted by Crippen LogP contribution is -2.12. The van der Waals surface area contributed by atoms with E-state index < -0.39 is 5.97 Å². The van der Waals surface area contributed by atoms with Gasteiger partial charge in [0.2, 0.25) is 0 Å². The maximum atomic E-state index is 12.0. The van der Waals surface area contributed by atoms with Crippen LogP contribution in [0.4, 0.5) is 0 Å². The summed E-state index contributed by atoms with van der Waals surface area (Å²) in [7, 11) is 0. The van der Waals surface area contributed by atoms with Crippen LogP contribution in [0.25, 0.3) is 0 Å². The number of carboxylic acids is 1. The molecule has 0 saturated carbocycles. The number of Topliss-reactive ketones (excluding diaryl/α,β-unsaturated/α-hetero) is 1. The van der Waals surface area contributed by atoms with E-state index in [1.165, 1.54) is 5.56 Å². The number of aliphatic carboxylic acids is 1. The highest BCUT2D eigenvalue weighted by Gasteiger charge is 2.16. The second kappa shape index (κ2) is 6.00. The fourth-order valence-electron chi connectivity index (χ4n) is 1.96. The Morgan fingerprint density at radius 3 is 2.05 bits per heavy atom. The molecular formula is C16H22O3. The number of hydrogen-bond acceptors (Lipinski definition) is 2. The standard InChI is InChI=1S/C16H22O3/c1-11(10-15(18)19)9-14(17)12-5-7-13(8-6-12)16(2,3)4/h5-8,11H,9-10H2,1-4H3,(H,18,19)/t11-/m0/s1. The summed E-state index contributed by atoms with van der Waals surface area (Å²) >= 11 is 0. The van der Waals surface area contributed by atoms with E-state index in [1.54, 1.807) is 6.92 Å². The molecule has 0 spiro atoms. The molecule has 1 aromatic carbocycles. The summed E-state index contributed by atoms with van der Waals surface area (Å²) in [5.41, 5.74) is 1.91. The lowest BCUT2D eigenvalue weighted by Gasteiger charge is -2.19. The summed E-state index contributed by atoms with van der Waals surface area (Å²) in [6, 6.07) is 7.59. The Kier molecular flexibility index (Phi) is 4.87. The normalized spacial score (nSPS) is 13.1. The van der Waals surface area contributed by atoms with Crippen molar-refractivity contribution in [2.45, 2.75) is 46.0 Å². The molecule has 1 aromatic rings. The average Bonchev–Trinajstić information content (AvgIpc) is 2.26. The van der Waals surface area contributed by atoms with Gasteiger partial charge in [0.1, 0.15) is 0 Å². The second-order valence-electron chi connectivity index (χ2n) is 6.16. The molecule has 1 rings (SSSR count). The van der Waals surface area contributed by atoms with Crippen LogP contribution in [0.15, 0.2) is 24.3 Å². The Balaban J connectivity index is 2.71. The van der Waals surface area contributed by atoms with Crippen LogP contribution >= 0.6 is 0 Å². The zero-order valence-corrected chi connectivity index (χ0v) is 12.1. The molecule has 3 heteroatoms. The van der Waals surface area contributed by atoms with Crippen LogP contribution in [0.2, 0.25) is 0 Å². The maximum Gasteiger partial charge on any atom is 0.303 e. The molecule has 0 aliphatic rings. The third-order valence-corrected chi connectivity index (χ3v) is 3.13. The number of carbonyl (C=O) groups is 2. The van der Waals surface area contributed by atoms with Gasteiger partial charge in [-0.2, -0.15) is 0 Å². The molecule has 1 N–H and O–H groups in total. The molecule has 0 amide bonds. The van der Waals surface area contributed by atoms with Crippen LogP contribution < -0.4 is 0 Å². The number of carbonyl (C=O) groups excluding carboxylic acids is 1. The number of ketones is 1. The van der Waals surface area contributed by atoms with Gasteiger partial charge in [-0.25, -0.2) is 0 Å². The minimum atomic E-state index is -0.858. The van der Waals surface area contributed by atoms with Crippen LogP contribution in [0.3, 0.4) is 0 Å². The summed E-state index contributed by atoms with van der Waals surface area (Å²) in [5.74, 6) is -0.982. The monoisotopic (exact) mass is 262 g/mol. The van der Waals surface area contributed by atoms with Crippen molar-refractivity contribution < 1.29 is 14.7 Å². The number of benzene rings is 1. The van der Waals surface area contributed by atoms with Gasteiger partial charge in [0.05, 0.1) is 0 Å². The molecule has 104 valence electrons.